The van der Waals surface area contributed by atoms with E-state index in [1.807, 2.05) is 27.7 Å². The van der Waals surface area contributed by atoms with E-state index in [0.717, 1.165) is 25.0 Å². The summed E-state index contributed by atoms with van der Waals surface area (Å²) in [5.74, 6) is 0.00471. The largest absolute Gasteiger partial charge is 0.444 e. The maximum Gasteiger partial charge on any atom is 0.410 e. The van der Waals surface area contributed by atoms with E-state index < -0.39 is 11.4 Å². The van der Waals surface area contributed by atoms with E-state index in [0.29, 0.717) is 31.0 Å². The van der Waals surface area contributed by atoms with Crippen molar-refractivity contribution in [2.75, 3.05) is 13.1 Å². The summed E-state index contributed by atoms with van der Waals surface area (Å²) in [5, 5.41) is -0.0458. The van der Waals surface area contributed by atoms with Gasteiger partial charge in [-0.2, -0.15) is 0 Å². The van der Waals surface area contributed by atoms with Gasteiger partial charge < -0.3 is 9.64 Å². The fourth-order valence-electron chi connectivity index (χ4n) is 2.91. The Morgan fingerprint density at radius 2 is 2.04 bits per heavy atom. The topological polar surface area (TPSA) is 42.4 Å². The number of amides is 1. The van der Waals surface area contributed by atoms with Crippen LogP contribution in [0.5, 0.6) is 0 Å². The number of hydrogen-bond acceptors (Lipinski definition) is 3. The van der Waals surface area contributed by atoms with Crippen molar-refractivity contribution >= 4 is 17.7 Å². The predicted molar refractivity (Wildman–Crippen MR) is 92.8 cm³/mol. The van der Waals surface area contributed by atoms with Crippen LogP contribution in [0.25, 0.3) is 0 Å². The Labute approximate surface area is 148 Å². The molecule has 0 aliphatic carbocycles. The predicted octanol–water partition coefficient (Wildman–Crippen LogP) is 4.63. The van der Waals surface area contributed by atoms with Crippen LogP contribution < -0.4 is 0 Å². The van der Waals surface area contributed by atoms with Gasteiger partial charge in [0.15, 0.2) is 11.0 Å². The van der Waals surface area contributed by atoms with Gasteiger partial charge in [0.2, 0.25) is 0 Å². The van der Waals surface area contributed by atoms with Crippen molar-refractivity contribution in [1.82, 2.24) is 9.88 Å². The number of carbonyl (C=O) groups is 1. The molecule has 1 aliphatic rings. The summed E-state index contributed by atoms with van der Waals surface area (Å²) in [5.41, 5.74) is 0.962. The van der Waals surface area contributed by atoms with Gasteiger partial charge in [-0.1, -0.05) is 18.5 Å². The molecule has 1 amide bonds. The highest BCUT2D eigenvalue weighted by atomic mass is 35.5. The lowest BCUT2D eigenvalue weighted by molar-refractivity contribution is 0.0184. The second-order valence-electron chi connectivity index (χ2n) is 7.35. The first-order chi connectivity index (χ1) is 11.2. The number of rotatable bonds is 3. The van der Waals surface area contributed by atoms with E-state index in [4.69, 9.17) is 16.3 Å². The van der Waals surface area contributed by atoms with E-state index in [1.165, 1.54) is 0 Å². The lowest BCUT2D eigenvalue weighted by Gasteiger charge is -2.33. The molecule has 1 saturated heterocycles. The van der Waals surface area contributed by atoms with Crippen LogP contribution in [-0.4, -0.2) is 34.7 Å². The molecule has 1 aromatic rings. The smallest absolute Gasteiger partial charge is 0.410 e. The van der Waals surface area contributed by atoms with Crippen LogP contribution in [0.3, 0.4) is 0 Å². The molecule has 0 saturated carbocycles. The molecule has 2 heterocycles. The molecular formula is C18H26ClFN2O2. The molecule has 24 heavy (non-hydrogen) atoms. The van der Waals surface area contributed by atoms with Gasteiger partial charge in [0, 0.05) is 18.8 Å². The van der Waals surface area contributed by atoms with Crippen molar-refractivity contribution in [1.29, 1.82) is 0 Å². The van der Waals surface area contributed by atoms with E-state index in [9.17, 15) is 9.18 Å². The first-order valence-corrected chi connectivity index (χ1v) is 8.89. The van der Waals surface area contributed by atoms with Gasteiger partial charge >= 0.3 is 6.09 Å². The van der Waals surface area contributed by atoms with Crippen molar-refractivity contribution in [2.45, 2.75) is 59.0 Å². The van der Waals surface area contributed by atoms with Crippen molar-refractivity contribution < 1.29 is 13.9 Å². The van der Waals surface area contributed by atoms with E-state index in [1.54, 1.807) is 11.0 Å². The van der Waals surface area contributed by atoms with Crippen LogP contribution >= 0.6 is 11.6 Å². The van der Waals surface area contributed by atoms with Crippen LogP contribution in [0.15, 0.2) is 6.07 Å². The standard InChI is InChI=1S/C18H26ClFN2O2/c1-5-13-11-14(21-16(19)15(13)20)10-12-6-8-22(9-7-12)17(23)24-18(2,3)4/h11-12H,5-10H2,1-4H3. The second-order valence-corrected chi connectivity index (χ2v) is 7.70. The lowest BCUT2D eigenvalue weighted by atomic mass is 9.91. The Bertz CT molecular complexity index is 593. The van der Waals surface area contributed by atoms with Gasteiger partial charge in [0.25, 0.3) is 0 Å². The molecule has 6 heteroatoms. The molecule has 4 nitrogen and oxygen atoms in total. The van der Waals surface area contributed by atoms with Gasteiger partial charge in [-0.15, -0.1) is 0 Å². The van der Waals surface area contributed by atoms with Crippen molar-refractivity contribution in [2.24, 2.45) is 5.92 Å². The quantitative estimate of drug-likeness (QED) is 0.742. The molecule has 0 atom stereocenters. The van der Waals surface area contributed by atoms with Crippen molar-refractivity contribution in [3.05, 3.63) is 28.3 Å². The maximum absolute atomic E-state index is 13.8. The van der Waals surface area contributed by atoms with Gasteiger partial charge in [0.1, 0.15) is 5.60 Å². The minimum atomic E-state index is -0.473. The minimum Gasteiger partial charge on any atom is -0.444 e. The molecular weight excluding hydrogens is 331 g/mol. The molecule has 0 N–H and O–H groups in total. The highest BCUT2D eigenvalue weighted by molar-refractivity contribution is 6.29. The van der Waals surface area contributed by atoms with Gasteiger partial charge in [-0.3, -0.25) is 0 Å². The Hall–Kier alpha value is -1.36. The summed E-state index contributed by atoms with van der Waals surface area (Å²) < 4.78 is 19.2. The second kappa shape index (κ2) is 7.68. The van der Waals surface area contributed by atoms with Crippen LogP contribution in [0.2, 0.25) is 5.15 Å². The van der Waals surface area contributed by atoms with E-state index in [2.05, 4.69) is 4.98 Å². The summed E-state index contributed by atoms with van der Waals surface area (Å²) in [6.07, 6.45) is 2.87. The van der Waals surface area contributed by atoms with Gasteiger partial charge in [-0.05, 0) is 64.0 Å². The number of aryl methyl sites for hydroxylation is 1. The minimum absolute atomic E-state index is 0.0458. The molecule has 2 rings (SSSR count). The number of pyridine rings is 1. The number of nitrogens with zero attached hydrogens (tertiary/aromatic N) is 2. The molecule has 1 fully saturated rings. The van der Waals surface area contributed by atoms with E-state index in [-0.39, 0.29) is 11.2 Å². The zero-order valence-corrected chi connectivity index (χ0v) is 15.6. The number of ether oxygens (including phenoxy) is 1. The molecule has 0 unspecified atom stereocenters. The molecule has 0 bridgehead atoms. The Morgan fingerprint density at radius 1 is 1.42 bits per heavy atom. The monoisotopic (exact) mass is 356 g/mol. The molecule has 0 radical (unpaired) electrons. The van der Waals surface area contributed by atoms with Gasteiger partial charge in [-0.25, -0.2) is 14.2 Å². The number of carbonyl (C=O) groups excluding carboxylic acids is 1. The first-order valence-electron chi connectivity index (χ1n) is 8.51. The van der Waals surface area contributed by atoms with Crippen LogP contribution in [-0.2, 0) is 17.6 Å². The molecule has 0 spiro atoms. The number of likely N-dealkylation sites (tertiary alicyclic amines) is 1. The van der Waals surface area contributed by atoms with Crippen LogP contribution in [0.4, 0.5) is 9.18 Å². The third-order valence-corrected chi connectivity index (χ3v) is 4.44. The molecule has 1 aliphatic heterocycles. The van der Waals surface area contributed by atoms with Crippen LogP contribution in [0.1, 0.15) is 51.8 Å². The molecule has 134 valence electrons. The fraction of sp³-hybridized carbons (Fsp3) is 0.667. The summed E-state index contributed by atoms with van der Waals surface area (Å²) in [6, 6.07) is 1.81. The Kier molecular flexibility index (Phi) is 6.07. The summed E-state index contributed by atoms with van der Waals surface area (Å²) in [7, 11) is 0. The average Bonchev–Trinajstić information content (AvgIpc) is 2.49. The first kappa shape index (κ1) is 19.0. The van der Waals surface area contributed by atoms with Crippen molar-refractivity contribution in [3.63, 3.8) is 0 Å². The van der Waals surface area contributed by atoms with Gasteiger partial charge in [0.05, 0.1) is 0 Å². The number of piperidine rings is 1. The molecule has 0 aromatic carbocycles. The highest BCUT2D eigenvalue weighted by Gasteiger charge is 2.27. The maximum atomic E-state index is 13.8. The lowest BCUT2D eigenvalue weighted by Crippen LogP contribution is -2.42. The summed E-state index contributed by atoms with van der Waals surface area (Å²) in [6.45, 7) is 8.86. The number of hydrogen-bond donors (Lipinski definition) is 0. The normalized spacial score (nSPS) is 16.3. The van der Waals surface area contributed by atoms with E-state index >= 15 is 0 Å². The Balaban J connectivity index is 1.92. The molecule has 1 aromatic heterocycles. The zero-order valence-electron chi connectivity index (χ0n) is 14.9. The number of halogens is 2. The van der Waals surface area contributed by atoms with Crippen molar-refractivity contribution in [3.8, 4) is 0 Å². The highest BCUT2D eigenvalue weighted by Crippen LogP contribution is 2.25. The SMILES string of the molecule is CCc1cc(CC2CCN(C(=O)OC(C)(C)C)CC2)nc(Cl)c1F. The fourth-order valence-corrected chi connectivity index (χ4v) is 3.14. The third kappa shape index (κ3) is 5.07. The third-order valence-electron chi connectivity index (χ3n) is 4.19. The number of aromatic nitrogens is 1. The summed E-state index contributed by atoms with van der Waals surface area (Å²) in [4.78, 5) is 18.0. The summed E-state index contributed by atoms with van der Waals surface area (Å²) >= 11 is 5.89. The zero-order chi connectivity index (χ0) is 17.9. The Morgan fingerprint density at radius 3 is 2.58 bits per heavy atom. The average molecular weight is 357 g/mol. The van der Waals surface area contributed by atoms with Crippen LogP contribution in [0, 0.1) is 11.7 Å².